The van der Waals surface area contributed by atoms with Crippen LogP contribution in [-0.2, 0) is 11.2 Å². The lowest BCUT2D eigenvalue weighted by Crippen LogP contribution is -2.13. The third kappa shape index (κ3) is 5.49. The molecule has 29 heavy (non-hydrogen) atoms. The predicted molar refractivity (Wildman–Crippen MR) is 107 cm³/mol. The Morgan fingerprint density at radius 1 is 1.14 bits per heavy atom. The van der Waals surface area contributed by atoms with Gasteiger partial charge >= 0.3 is 0 Å². The molecular formula is C20H18N4O4S. The van der Waals surface area contributed by atoms with Crippen molar-refractivity contribution in [3.05, 3.63) is 59.5 Å². The number of methoxy groups -OCH3 is 2. The van der Waals surface area contributed by atoms with Gasteiger partial charge in [-0.2, -0.15) is 5.26 Å². The zero-order valence-electron chi connectivity index (χ0n) is 15.8. The quantitative estimate of drug-likeness (QED) is 0.563. The highest BCUT2D eigenvalue weighted by Crippen LogP contribution is 2.28. The summed E-state index contributed by atoms with van der Waals surface area (Å²) in [5.41, 5.74) is 2.08. The number of amides is 1. The summed E-state index contributed by atoms with van der Waals surface area (Å²) in [6.45, 7) is 0. The van der Waals surface area contributed by atoms with Gasteiger partial charge in [0.05, 0.1) is 38.0 Å². The second kappa shape index (κ2) is 9.61. The molecule has 3 aromatic rings. The fourth-order valence-corrected chi connectivity index (χ4v) is 3.07. The molecule has 0 aliphatic heterocycles. The maximum absolute atomic E-state index is 12.1. The first kappa shape index (κ1) is 20.2. The molecule has 0 bridgehead atoms. The molecule has 0 saturated heterocycles. The van der Waals surface area contributed by atoms with E-state index in [2.05, 4.69) is 15.5 Å². The molecule has 0 spiro atoms. The van der Waals surface area contributed by atoms with E-state index in [-0.39, 0.29) is 11.7 Å². The molecule has 0 saturated carbocycles. The molecule has 0 aliphatic rings. The Morgan fingerprint density at radius 3 is 2.59 bits per heavy atom. The van der Waals surface area contributed by atoms with Crippen LogP contribution in [0.2, 0.25) is 0 Å². The van der Waals surface area contributed by atoms with Crippen molar-refractivity contribution >= 4 is 23.4 Å². The Hall–Kier alpha value is -3.51. The van der Waals surface area contributed by atoms with Crippen LogP contribution in [0.15, 0.2) is 52.1 Å². The maximum atomic E-state index is 12.1. The first-order valence-corrected chi connectivity index (χ1v) is 9.56. The topological polar surface area (TPSA) is 110 Å². The third-order valence-electron chi connectivity index (χ3n) is 3.88. The number of hydrogen-bond acceptors (Lipinski definition) is 8. The fourth-order valence-electron chi connectivity index (χ4n) is 2.49. The fraction of sp³-hybridized carbons (Fsp3) is 0.200. The number of thioether (sulfide) groups is 1. The van der Waals surface area contributed by atoms with Gasteiger partial charge in [-0.15, -0.1) is 10.2 Å². The predicted octanol–water partition coefficient (Wildman–Crippen LogP) is 3.28. The minimum atomic E-state index is -0.209. The molecule has 0 fully saturated rings. The van der Waals surface area contributed by atoms with E-state index in [9.17, 15) is 4.79 Å². The van der Waals surface area contributed by atoms with Crippen molar-refractivity contribution in [3.63, 3.8) is 0 Å². The number of carbonyl (C=O) groups excluding carboxylic acids is 1. The molecule has 9 heteroatoms. The normalized spacial score (nSPS) is 10.2. The van der Waals surface area contributed by atoms with Gasteiger partial charge in [0.25, 0.3) is 5.22 Å². The minimum absolute atomic E-state index is 0.123. The zero-order chi connectivity index (χ0) is 20.6. The average molecular weight is 410 g/mol. The van der Waals surface area contributed by atoms with E-state index in [0.29, 0.717) is 40.3 Å². The number of hydrogen-bond donors (Lipinski definition) is 1. The van der Waals surface area contributed by atoms with E-state index in [0.717, 1.165) is 17.3 Å². The summed E-state index contributed by atoms with van der Waals surface area (Å²) in [5, 5.41) is 19.8. The van der Waals surface area contributed by atoms with E-state index in [4.69, 9.17) is 19.2 Å². The van der Waals surface area contributed by atoms with Crippen LogP contribution in [0, 0.1) is 11.3 Å². The van der Waals surface area contributed by atoms with Crippen molar-refractivity contribution in [2.75, 3.05) is 25.3 Å². The minimum Gasteiger partial charge on any atom is -0.493 e. The van der Waals surface area contributed by atoms with Crippen molar-refractivity contribution in [1.82, 2.24) is 10.2 Å². The van der Waals surface area contributed by atoms with Crippen LogP contribution in [0.5, 0.6) is 11.5 Å². The highest BCUT2D eigenvalue weighted by molar-refractivity contribution is 7.99. The number of benzene rings is 2. The monoisotopic (exact) mass is 410 g/mol. The summed E-state index contributed by atoms with van der Waals surface area (Å²) >= 11 is 1.15. The Kier molecular flexibility index (Phi) is 6.71. The maximum Gasteiger partial charge on any atom is 0.277 e. The molecule has 148 valence electrons. The van der Waals surface area contributed by atoms with E-state index in [1.54, 1.807) is 38.5 Å². The Bertz CT molecular complexity index is 1030. The van der Waals surface area contributed by atoms with Crippen LogP contribution in [0.3, 0.4) is 0 Å². The number of aromatic nitrogens is 2. The van der Waals surface area contributed by atoms with Crippen molar-refractivity contribution in [1.29, 1.82) is 5.26 Å². The van der Waals surface area contributed by atoms with Crippen molar-refractivity contribution in [3.8, 4) is 17.6 Å². The van der Waals surface area contributed by atoms with Crippen LogP contribution in [0.1, 0.15) is 17.0 Å². The number of anilines is 1. The van der Waals surface area contributed by atoms with Crippen molar-refractivity contribution in [2.45, 2.75) is 11.6 Å². The highest BCUT2D eigenvalue weighted by Gasteiger charge is 2.12. The summed E-state index contributed by atoms with van der Waals surface area (Å²) in [5.74, 6) is 1.62. The molecule has 0 aliphatic carbocycles. The summed E-state index contributed by atoms with van der Waals surface area (Å²) in [7, 11) is 3.16. The van der Waals surface area contributed by atoms with Crippen molar-refractivity contribution < 1.29 is 18.7 Å². The van der Waals surface area contributed by atoms with Gasteiger partial charge in [0.1, 0.15) is 0 Å². The molecule has 2 aromatic carbocycles. The van der Waals surface area contributed by atoms with E-state index < -0.39 is 0 Å². The number of rotatable bonds is 8. The summed E-state index contributed by atoms with van der Waals surface area (Å²) in [6.07, 6.45) is 0.436. The molecule has 8 nitrogen and oxygen atoms in total. The second-order valence-corrected chi connectivity index (χ2v) is 6.78. The van der Waals surface area contributed by atoms with Crippen LogP contribution in [0.25, 0.3) is 0 Å². The van der Waals surface area contributed by atoms with Crippen LogP contribution < -0.4 is 14.8 Å². The average Bonchev–Trinajstić information content (AvgIpc) is 3.20. The van der Waals surface area contributed by atoms with Gasteiger partial charge in [-0.1, -0.05) is 17.8 Å². The number of nitrogens with zero attached hydrogens (tertiary/aromatic N) is 3. The lowest BCUT2D eigenvalue weighted by Gasteiger charge is -2.08. The lowest BCUT2D eigenvalue weighted by molar-refractivity contribution is -0.113. The molecule has 0 radical (unpaired) electrons. The number of nitrogens with one attached hydrogen (secondary N) is 1. The Labute approximate surface area is 171 Å². The SMILES string of the molecule is COc1ccc(Cc2nnc(SCC(=O)Nc3ccc(C#N)cc3)o2)cc1OC. The first-order valence-electron chi connectivity index (χ1n) is 8.57. The molecular weight excluding hydrogens is 392 g/mol. The van der Waals surface area contributed by atoms with Crippen LogP contribution >= 0.6 is 11.8 Å². The molecule has 1 aromatic heterocycles. The molecule has 1 N–H and O–H groups in total. The van der Waals surface area contributed by atoms with Gasteiger partial charge in [0.15, 0.2) is 11.5 Å². The van der Waals surface area contributed by atoms with Gasteiger partial charge < -0.3 is 19.2 Å². The van der Waals surface area contributed by atoms with Gasteiger partial charge in [-0.25, -0.2) is 0 Å². The number of carbonyl (C=O) groups is 1. The van der Waals surface area contributed by atoms with E-state index in [1.807, 2.05) is 24.3 Å². The van der Waals surface area contributed by atoms with Gasteiger partial charge in [0, 0.05) is 5.69 Å². The zero-order valence-corrected chi connectivity index (χ0v) is 16.7. The van der Waals surface area contributed by atoms with Gasteiger partial charge in [-0.05, 0) is 42.0 Å². The van der Waals surface area contributed by atoms with Crippen molar-refractivity contribution in [2.24, 2.45) is 0 Å². The summed E-state index contributed by atoms with van der Waals surface area (Å²) in [6, 6.07) is 14.2. The summed E-state index contributed by atoms with van der Waals surface area (Å²) < 4.78 is 16.1. The summed E-state index contributed by atoms with van der Waals surface area (Å²) in [4.78, 5) is 12.1. The molecule has 1 heterocycles. The highest BCUT2D eigenvalue weighted by atomic mass is 32.2. The Morgan fingerprint density at radius 2 is 1.90 bits per heavy atom. The number of ether oxygens (including phenoxy) is 2. The molecule has 1 amide bonds. The van der Waals surface area contributed by atoms with E-state index >= 15 is 0 Å². The molecule has 0 atom stereocenters. The number of nitriles is 1. The largest absolute Gasteiger partial charge is 0.493 e. The van der Waals surface area contributed by atoms with Gasteiger partial charge in [-0.3, -0.25) is 4.79 Å². The van der Waals surface area contributed by atoms with Crippen LogP contribution in [-0.4, -0.2) is 36.1 Å². The smallest absolute Gasteiger partial charge is 0.277 e. The lowest BCUT2D eigenvalue weighted by atomic mass is 10.1. The molecule has 3 rings (SSSR count). The van der Waals surface area contributed by atoms with E-state index in [1.165, 1.54) is 0 Å². The van der Waals surface area contributed by atoms with Gasteiger partial charge in [0.2, 0.25) is 11.8 Å². The first-order chi connectivity index (χ1) is 14.1. The Balaban J connectivity index is 1.53. The molecule has 0 unspecified atom stereocenters. The second-order valence-electron chi connectivity index (χ2n) is 5.85. The van der Waals surface area contributed by atoms with Crippen LogP contribution in [0.4, 0.5) is 5.69 Å². The standard InChI is InChI=1S/C20H18N4O4S/c1-26-16-8-5-14(9-17(16)27-2)10-19-23-24-20(28-19)29-12-18(25)22-15-6-3-13(11-21)4-7-15/h3-9H,10,12H2,1-2H3,(H,22,25). The third-order valence-corrected chi connectivity index (χ3v) is 4.69.